The second kappa shape index (κ2) is 5.13. The Balaban J connectivity index is 1.86. The molecule has 0 aliphatic heterocycles. The summed E-state index contributed by atoms with van der Waals surface area (Å²) in [6, 6.07) is 7.49. The maximum absolute atomic E-state index is 13.4. The van der Waals surface area contributed by atoms with E-state index in [4.69, 9.17) is 4.52 Å². The number of benzene rings is 1. The summed E-state index contributed by atoms with van der Waals surface area (Å²) in [4.78, 5) is 23.6. The van der Waals surface area contributed by atoms with Gasteiger partial charge < -0.3 is 9.51 Å². The normalized spacial score (nSPS) is 11.0. The number of rotatable bonds is 2. The number of H-pyrrole nitrogens is 1. The van der Waals surface area contributed by atoms with Crippen LogP contribution >= 0.6 is 0 Å². The summed E-state index contributed by atoms with van der Waals surface area (Å²) in [7, 11) is 0. The molecule has 7 heteroatoms. The van der Waals surface area contributed by atoms with Gasteiger partial charge in [-0.25, -0.2) is 4.39 Å². The molecule has 6 nitrogen and oxygen atoms in total. The number of nitrogens with zero attached hydrogens (tertiary/aromatic N) is 3. The molecule has 0 amide bonds. The molecule has 1 N–H and O–H groups in total. The van der Waals surface area contributed by atoms with E-state index in [0.29, 0.717) is 16.9 Å². The van der Waals surface area contributed by atoms with Gasteiger partial charge in [0.25, 0.3) is 5.89 Å². The number of aromatic nitrogens is 4. The van der Waals surface area contributed by atoms with Crippen molar-refractivity contribution in [1.82, 2.24) is 20.1 Å². The van der Waals surface area contributed by atoms with Gasteiger partial charge in [0.15, 0.2) is 0 Å². The number of hydrogen-bond acceptors (Lipinski definition) is 5. The SMILES string of the molecule is O=c1c(-c2nc(-c3cccnc3)no2)c[nH]c2ccc(F)cc12. The first-order valence-electron chi connectivity index (χ1n) is 6.78. The van der Waals surface area contributed by atoms with Crippen molar-refractivity contribution in [2.24, 2.45) is 0 Å². The first-order valence-corrected chi connectivity index (χ1v) is 6.78. The highest BCUT2D eigenvalue weighted by molar-refractivity contribution is 5.82. The van der Waals surface area contributed by atoms with Crippen LogP contribution in [0.5, 0.6) is 0 Å². The van der Waals surface area contributed by atoms with Gasteiger partial charge in [-0.05, 0) is 30.3 Å². The Labute approximate surface area is 128 Å². The fourth-order valence-electron chi connectivity index (χ4n) is 2.29. The molecule has 0 atom stereocenters. The minimum atomic E-state index is -0.485. The van der Waals surface area contributed by atoms with Crippen molar-refractivity contribution in [2.75, 3.05) is 0 Å². The Bertz CT molecular complexity index is 1060. The Morgan fingerprint density at radius 3 is 2.96 bits per heavy atom. The van der Waals surface area contributed by atoms with Gasteiger partial charge >= 0.3 is 0 Å². The van der Waals surface area contributed by atoms with Crippen LogP contribution in [-0.2, 0) is 0 Å². The molecule has 112 valence electrons. The number of nitrogens with one attached hydrogen (secondary N) is 1. The minimum Gasteiger partial charge on any atom is -0.360 e. The van der Waals surface area contributed by atoms with Gasteiger partial charge in [0.2, 0.25) is 11.3 Å². The smallest absolute Gasteiger partial charge is 0.263 e. The van der Waals surface area contributed by atoms with Crippen LogP contribution in [0.4, 0.5) is 4.39 Å². The molecule has 23 heavy (non-hydrogen) atoms. The van der Waals surface area contributed by atoms with E-state index in [1.165, 1.54) is 24.4 Å². The average Bonchev–Trinajstić information content (AvgIpc) is 3.06. The summed E-state index contributed by atoms with van der Waals surface area (Å²) in [5.41, 5.74) is 1.02. The molecule has 0 spiro atoms. The third-order valence-electron chi connectivity index (χ3n) is 3.42. The highest BCUT2D eigenvalue weighted by Gasteiger charge is 2.15. The maximum Gasteiger partial charge on any atom is 0.263 e. The molecule has 0 fully saturated rings. The molecule has 0 radical (unpaired) electrons. The van der Waals surface area contributed by atoms with Crippen molar-refractivity contribution in [3.05, 3.63) is 65.0 Å². The van der Waals surface area contributed by atoms with Gasteiger partial charge in [-0.1, -0.05) is 5.16 Å². The van der Waals surface area contributed by atoms with E-state index < -0.39 is 5.82 Å². The topological polar surface area (TPSA) is 84.7 Å². The zero-order valence-corrected chi connectivity index (χ0v) is 11.7. The number of halogens is 1. The molecule has 4 rings (SSSR count). The van der Waals surface area contributed by atoms with Crippen LogP contribution in [0.3, 0.4) is 0 Å². The molecule has 4 aromatic rings. The molecule has 0 aliphatic carbocycles. The van der Waals surface area contributed by atoms with Crippen LogP contribution in [-0.4, -0.2) is 20.1 Å². The van der Waals surface area contributed by atoms with Crippen LogP contribution in [0.15, 0.2) is 58.2 Å². The second-order valence-corrected chi connectivity index (χ2v) is 4.89. The van der Waals surface area contributed by atoms with Crippen LogP contribution < -0.4 is 5.43 Å². The fraction of sp³-hybridized carbons (Fsp3) is 0. The lowest BCUT2D eigenvalue weighted by molar-refractivity contribution is 0.432. The van der Waals surface area contributed by atoms with Crippen LogP contribution in [0.25, 0.3) is 33.7 Å². The van der Waals surface area contributed by atoms with Crippen molar-refractivity contribution in [3.63, 3.8) is 0 Å². The predicted molar refractivity (Wildman–Crippen MR) is 81.0 cm³/mol. The lowest BCUT2D eigenvalue weighted by Gasteiger charge is -1.99. The summed E-state index contributed by atoms with van der Waals surface area (Å²) < 4.78 is 18.5. The molecular formula is C16H9FN4O2. The summed E-state index contributed by atoms with van der Waals surface area (Å²) in [6.45, 7) is 0. The molecule has 0 aliphatic rings. The number of aromatic amines is 1. The lowest BCUT2D eigenvalue weighted by Crippen LogP contribution is -2.06. The van der Waals surface area contributed by atoms with Gasteiger partial charge in [-0.3, -0.25) is 9.78 Å². The van der Waals surface area contributed by atoms with Gasteiger partial charge in [-0.2, -0.15) is 4.98 Å². The maximum atomic E-state index is 13.4. The quantitative estimate of drug-likeness (QED) is 0.615. The van der Waals surface area contributed by atoms with E-state index in [-0.39, 0.29) is 22.3 Å². The number of hydrogen-bond donors (Lipinski definition) is 1. The average molecular weight is 308 g/mol. The molecule has 3 aromatic heterocycles. The summed E-state index contributed by atoms with van der Waals surface area (Å²) in [6.07, 6.45) is 4.70. The van der Waals surface area contributed by atoms with Gasteiger partial charge in [-0.15, -0.1) is 0 Å². The van der Waals surface area contributed by atoms with Crippen LogP contribution in [0.1, 0.15) is 0 Å². The lowest BCUT2D eigenvalue weighted by atomic mass is 10.1. The summed E-state index contributed by atoms with van der Waals surface area (Å²) >= 11 is 0. The zero-order chi connectivity index (χ0) is 15.8. The van der Waals surface area contributed by atoms with Crippen molar-refractivity contribution >= 4 is 10.9 Å². The van der Waals surface area contributed by atoms with Crippen molar-refractivity contribution in [1.29, 1.82) is 0 Å². The summed E-state index contributed by atoms with van der Waals surface area (Å²) in [5.74, 6) is -0.0927. The van der Waals surface area contributed by atoms with Crippen molar-refractivity contribution in [3.8, 4) is 22.8 Å². The monoisotopic (exact) mass is 308 g/mol. The first-order chi connectivity index (χ1) is 11.2. The van der Waals surface area contributed by atoms with E-state index >= 15 is 0 Å². The van der Waals surface area contributed by atoms with Gasteiger partial charge in [0.05, 0.1) is 0 Å². The largest absolute Gasteiger partial charge is 0.360 e. The second-order valence-electron chi connectivity index (χ2n) is 4.89. The highest BCUT2D eigenvalue weighted by Crippen LogP contribution is 2.20. The Morgan fingerprint density at radius 2 is 2.13 bits per heavy atom. The molecule has 0 bridgehead atoms. The molecule has 0 saturated heterocycles. The van der Waals surface area contributed by atoms with E-state index in [1.54, 1.807) is 24.5 Å². The third kappa shape index (κ3) is 2.28. The van der Waals surface area contributed by atoms with Crippen LogP contribution in [0.2, 0.25) is 0 Å². The first kappa shape index (κ1) is 13.3. The molecule has 0 unspecified atom stereocenters. The predicted octanol–water partition coefficient (Wildman–Crippen LogP) is 2.78. The Morgan fingerprint density at radius 1 is 1.22 bits per heavy atom. The standard InChI is InChI=1S/C16H9FN4O2/c17-10-3-4-13-11(6-10)14(22)12(8-19-13)16-20-15(21-23-16)9-2-1-5-18-7-9/h1-8H,(H,19,22). The zero-order valence-electron chi connectivity index (χ0n) is 11.7. The van der Waals surface area contributed by atoms with Crippen molar-refractivity contribution < 1.29 is 8.91 Å². The number of fused-ring (bicyclic) bond motifs is 1. The van der Waals surface area contributed by atoms with E-state index in [9.17, 15) is 9.18 Å². The Kier molecular flexibility index (Phi) is 2.97. The molecular weight excluding hydrogens is 299 g/mol. The minimum absolute atomic E-state index is 0.0660. The van der Waals surface area contributed by atoms with Gasteiger partial charge in [0, 0.05) is 35.1 Å². The molecule has 3 heterocycles. The summed E-state index contributed by atoms with van der Waals surface area (Å²) in [5, 5.41) is 4.07. The molecule has 0 saturated carbocycles. The van der Waals surface area contributed by atoms with E-state index in [0.717, 1.165) is 0 Å². The van der Waals surface area contributed by atoms with E-state index in [1.807, 2.05) is 0 Å². The highest BCUT2D eigenvalue weighted by atomic mass is 19.1. The molecule has 1 aromatic carbocycles. The Hall–Kier alpha value is -3.35. The van der Waals surface area contributed by atoms with Crippen LogP contribution in [0, 0.1) is 5.82 Å². The van der Waals surface area contributed by atoms with E-state index in [2.05, 4.69) is 20.1 Å². The number of pyridine rings is 2. The van der Waals surface area contributed by atoms with Gasteiger partial charge in [0.1, 0.15) is 11.4 Å². The fourth-order valence-corrected chi connectivity index (χ4v) is 2.29. The third-order valence-corrected chi connectivity index (χ3v) is 3.42. The van der Waals surface area contributed by atoms with Crippen molar-refractivity contribution in [2.45, 2.75) is 0 Å².